The molecule has 1 aromatic rings. The fourth-order valence-electron chi connectivity index (χ4n) is 2.36. The number of carbonyl (C=O) groups excluding carboxylic acids is 1. The highest BCUT2D eigenvalue weighted by Crippen LogP contribution is 2.13. The molecule has 0 radical (unpaired) electrons. The first-order chi connectivity index (χ1) is 9.29. The van der Waals surface area contributed by atoms with Crippen LogP contribution in [0.15, 0.2) is 24.3 Å². The van der Waals surface area contributed by atoms with E-state index in [2.05, 4.69) is 10.6 Å². The third-order valence-corrected chi connectivity index (χ3v) is 3.51. The molecule has 0 aromatic heterocycles. The second kappa shape index (κ2) is 6.91. The van der Waals surface area contributed by atoms with Gasteiger partial charge in [0.25, 0.3) is 5.91 Å². The number of carbonyl (C=O) groups is 1. The molecule has 19 heavy (non-hydrogen) atoms. The lowest BCUT2D eigenvalue weighted by molar-refractivity contribution is 0.0950. The smallest absolute Gasteiger partial charge is 0.251 e. The Kier molecular flexibility index (Phi) is 4.93. The van der Waals surface area contributed by atoms with Crippen molar-refractivity contribution in [2.75, 3.05) is 19.6 Å². The number of rotatable bonds is 4. The van der Waals surface area contributed by atoms with Crippen LogP contribution < -0.4 is 10.6 Å². The van der Waals surface area contributed by atoms with Gasteiger partial charge in [0.1, 0.15) is 0 Å². The molecule has 4 heteroatoms. The Labute approximate surface area is 113 Å². The molecule has 0 saturated carbocycles. The van der Waals surface area contributed by atoms with Gasteiger partial charge in [-0.2, -0.15) is 5.26 Å². The molecule has 100 valence electrons. The van der Waals surface area contributed by atoms with Gasteiger partial charge in [0.15, 0.2) is 0 Å². The number of benzene rings is 1. The van der Waals surface area contributed by atoms with Crippen molar-refractivity contribution in [1.82, 2.24) is 10.6 Å². The summed E-state index contributed by atoms with van der Waals surface area (Å²) in [4.78, 5) is 11.9. The van der Waals surface area contributed by atoms with Crippen LogP contribution in [-0.2, 0) is 0 Å². The normalized spacial score (nSPS) is 18.6. The van der Waals surface area contributed by atoms with Crippen LogP contribution in [0.1, 0.15) is 35.2 Å². The molecule has 2 rings (SSSR count). The predicted molar refractivity (Wildman–Crippen MR) is 73.7 cm³/mol. The molecule has 0 spiro atoms. The molecule has 0 bridgehead atoms. The molecule has 1 heterocycles. The number of nitrogens with zero attached hydrogens (tertiary/aromatic N) is 1. The van der Waals surface area contributed by atoms with Crippen LogP contribution in [0.25, 0.3) is 0 Å². The molecule has 1 unspecified atom stereocenters. The molecule has 1 saturated heterocycles. The summed E-state index contributed by atoms with van der Waals surface area (Å²) in [5, 5.41) is 15.0. The molecular weight excluding hydrogens is 238 g/mol. The van der Waals surface area contributed by atoms with Gasteiger partial charge in [-0.25, -0.2) is 0 Å². The highest BCUT2D eigenvalue weighted by atomic mass is 16.1. The molecular formula is C15H19N3O. The molecule has 0 aliphatic carbocycles. The second-order valence-corrected chi connectivity index (χ2v) is 4.95. The highest BCUT2D eigenvalue weighted by Gasteiger charge is 2.13. The zero-order chi connectivity index (χ0) is 13.5. The number of piperidine rings is 1. The van der Waals surface area contributed by atoms with Gasteiger partial charge in [-0.05, 0) is 62.5 Å². The largest absolute Gasteiger partial charge is 0.352 e. The van der Waals surface area contributed by atoms with Crippen LogP contribution in [0.5, 0.6) is 0 Å². The van der Waals surface area contributed by atoms with Gasteiger partial charge in [0, 0.05) is 12.1 Å². The average molecular weight is 257 g/mol. The Morgan fingerprint density at radius 2 is 2.21 bits per heavy atom. The van der Waals surface area contributed by atoms with E-state index >= 15 is 0 Å². The van der Waals surface area contributed by atoms with Crippen LogP contribution in [0, 0.1) is 17.2 Å². The van der Waals surface area contributed by atoms with Gasteiger partial charge in [0.2, 0.25) is 0 Å². The fourth-order valence-corrected chi connectivity index (χ4v) is 2.36. The second-order valence-electron chi connectivity index (χ2n) is 4.95. The Morgan fingerprint density at radius 3 is 2.84 bits per heavy atom. The van der Waals surface area contributed by atoms with Crippen molar-refractivity contribution < 1.29 is 4.79 Å². The van der Waals surface area contributed by atoms with Crippen molar-refractivity contribution in [1.29, 1.82) is 5.26 Å². The molecule has 1 atom stereocenters. The van der Waals surface area contributed by atoms with E-state index in [-0.39, 0.29) is 5.91 Å². The zero-order valence-corrected chi connectivity index (χ0v) is 11.0. The molecule has 1 aromatic carbocycles. The van der Waals surface area contributed by atoms with Crippen molar-refractivity contribution in [3.63, 3.8) is 0 Å². The van der Waals surface area contributed by atoms with E-state index in [4.69, 9.17) is 5.26 Å². The standard InChI is InChI=1S/C15H19N3O/c16-10-12-3-5-14(6-4-12)15(19)18-9-7-13-2-1-8-17-11-13/h3-6,13,17H,1-2,7-9,11H2,(H,18,19). The molecule has 4 nitrogen and oxygen atoms in total. The molecule has 1 fully saturated rings. The first-order valence-corrected chi connectivity index (χ1v) is 6.78. The predicted octanol–water partition coefficient (Wildman–Crippen LogP) is 1.68. The third-order valence-electron chi connectivity index (χ3n) is 3.51. The maximum absolute atomic E-state index is 11.9. The van der Waals surface area contributed by atoms with E-state index in [0.29, 0.717) is 23.6 Å². The number of amides is 1. The number of nitriles is 1. The maximum Gasteiger partial charge on any atom is 0.251 e. The molecule has 1 amide bonds. The van der Waals surface area contributed by atoms with E-state index in [1.807, 2.05) is 6.07 Å². The minimum Gasteiger partial charge on any atom is -0.352 e. The Balaban J connectivity index is 1.75. The van der Waals surface area contributed by atoms with Gasteiger partial charge >= 0.3 is 0 Å². The lowest BCUT2D eigenvalue weighted by atomic mass is 9.96. The summed E-state index contributed by atoms with van der Waals surface area (Å²) in [5.41, 5.74) is 1.19. The van der Waals surface area contributed by atoms with Gasteiger partial charge < -0.3 is 10.6 Å². The minimum atomic E-state index is -0.0618. The van der Waals surface area contributed by atoms with E-state index in [0.717, 1.165) is 19.5 Å². The average Bonchev–Trinajstić information content (AvgIpc) is 2.48. The van der Waals surface area contributed by atoms with Crippen LogP contribution in [0.2, 0.25) is 0 Å². The summed E-state index contributed by atoms with van der Waals surface area (Å²) in [7, 11) is 0. The number of nitrogens with one attached hydrogen (secondary N) is 2. The van der Waals surface area contributed by atoms with Crippen LogP contribution in [0.4, 0.5) is 0 Å². The topological polar surface area (TPSA) is 64.9 Å². The van der Waals surface area contributed by atoms with Crippen molar-refractivity contribution in [2.24, 2.45) is 5.92 Å². The summed E-state index contributed by atoms with van der Waals surface area (Å²) in [6.07, 6.45) is 3.50. The quantitative estimate of drug-likeness (QED) is 0.862. The SMILES string of the molecule is N#Cc1ccc(C(=O)NCCC2CCCNC2)cc1. The van der Waals surface area contributed by atoms with Gasteiger partial charge in [0.05, 0.1) is 11.6 Å². The molecule has 1 aliphatic rings. The Morgan fingerprint density at radius 1 is 1.42 bits per heavy atom. The number of hydrogen-bond donors (Lipinski definition) is 2. The van der Waals surface area contributed by atoms with E-state index in [9.17, 15) is 4.79 Å². The van der Waals surface area contributed by atoms with E-state index < -0.39 is 0 Å². The molecule has 2 N–H and O–H groups in total. The Hall–Kier alpha value is -1.86. The minimum absolute atomic E-state index is 0.0618. The van der Waals surface area contributed by atoms with Crippen molar-refractivity contribution >= 4 is 5.91 Å². The lowest BCUT2D eigenvalue weighted by Gasteiger charge is -2.22. The van der Waals surface area contributed by atoms with Gasteiger partial charge in [-0.15, -0.1) is 0 Å². The zero-order valence-electron chi connectivity index (χ0n) is 11.0. The lowest BCUT2D eigenvalue weighted by Crippen LogP contribution is -2.33. The summed E-state index contributed by atoms with van der Waals surface area (Å²) >= 11 is 0. The number of hydrogen-bond acceptors (Lipinski definition) is 3. The van der Waals surface area contributed by atoms with Crippen LogP contribution in [-0.4, -0.2) is 25.5 Å². The summed E-state index contributed by atoms with van der Waals surface area (Å²) in [5.74, 6) is 0.614. The monoisotopic (exact) mass is 257 g/mol. The van der Waals surface area contributed by atoms with Gasteiger partial charge in [-0.1, -0.05) is 0 Å². The third kappa shape index (κ3) is 4.08. The van der Waals surface area contributed by atoms with E-state index in [1.165, 1.54) is 12.8 Å². The highest BCUT2D eigenvalue weighted by molar-refractivity contribution is 5.94. The van der Waals surface area contributed by atoms with Crippen LogP contribution in [0.3, 0.4) is 0 Å². The summed E-state index contributed by atoms with van der Waals surface area (Å²) in [6.45, 7) is 2.89. The first kappa shape index (κ1) is 13.6. The van der Waals surface area contributed by atoms with Crippen molar-refractivity contribution in [3.05, 3.63) is 35.4 Å². The van der Waals surface area contributed by atoms with E-state index in [1.54, 1.807) is 24.3 Å². The Bertz CT molecular complexity index is 455. The van der Waals surface area contributed by atoms with Gasteiger partial charge in [-0.3, -0.25) is 4.79 Å². The first-order valence-electron chi connectivity index (χ1n) is 6.78. The fraction of sp³-hybridized carbons (Fsp3) is 0.467. The maximum atomic E-state index is 11.9. The summed E-state index contributed by atoms with van der Waals surface area (Å²) in [6, 6.07) is 8.75. The van der Waals surface area contributed by atoms with Crippen molar-refractivity contribution in [2.45, 2.75) is 19.3 Å². The summed E-state index contributed by atoms with van der Waals surface area (Å²) < 4.78 is 0. The molecule has 1 aliphatic heterocycles. The van der Waals surface area contributed by atoms with Crippen LogP contribution >= 0.6 is 0 Å². The van der Waals surface area contributed by atoms with Crippen molar-refractivity contribution in [3.8, 4) is 6.07 Å².